The number of aliphatic carboxylic acids is 1. The van der Waals surface area contributed by atoms with Crippen molar-refractivity contribution in [2.75, 3.05) is 6.54 Å². The van der Waals surface area contributed by atoms with E-state index in [0.29, 0.717) is 31.3 Å². The zero-order chi connectivity index (χ0) is 13.1. The first-order valence-electron chi connectivity index (χ1n) is 7.15. The summed E-state index contributed by atoms with van der Waals surface area (Å²) in [6.07, 6.45) is 6.66. The molecule has 1 saturated carbocycles. The number of amides is 1. The van der Waals surface area contributed by atoms with Crippen molar-refractivity contribution in [1.29, 1.82) is 0 Å². The summed E-state index contributed by atoms with van der Waals surface area (Å²) >= 11 is 0. The van der Waals surface area contributed by atoms with Crippen LogP contribution in [-0.2, 0) is 9.59 Å². The number of nitrogens with zero attached hydrogens (tertiary/aromatic N) is 1. The van der Waals surface area contributed by atoms with Gasteiger partial charge in [0.25, 0.3) is 0 Å². The van der Waals surface area contributed by atoms with Crippen molar-refractivity contribution >= 4 is 11.9 Å². The van der Waals surface area contributed by atoms with Crippen molar-refractivity contribution in [2.45, 2.75) is 57.9 Å². The molecule has 2 rings (SSSR count). The van der Waals surface area contributed by atoms with E-state index in [-0.39, 0.29) is 11.8 Å². The Hall–Kier alpha value is -1.06. The molecule has 1 aliphatic carbocycles. The zero-order valence-electron chi connectivity index (χ0n) is 11.1. The van der Waals surface area contributed by atoms with Gasteiger partial charge in [-0.15, -0.1) is 0 Å². The van der Waals surface area contributed by atoms with Crippen LogP contribution in [0.4, 0.5) is 0 Å². The topological polar surface area (TPSA) is 57.6 Å². The number of carbonyl (C=O) groups is 2. The van der Waals surface area contributed by atoms with E-state index in [2.05, 4.69) is 6.92 Å². The predicted molar refractivity (Wildman–Crippen MR) is 68.1 cm³/mol. The second-order valence-corrected chi connectivity index (χ2v) is 5.64. The van der Waals surface area contributed by atoms with E-state index in [0.717, 1.165) is 12.8 Å². The molecular weight excluding hydrogens is 230 g/mol. The van der Waals surface area contributed by atoms with Crippen molar-refractivity contribution in [3.05, 3.63) is 0 Å². The van der Waals surface area contributed by atoms with Gasteiger partial charge in [-0.05, 0) is 25.2 Å². The molecule has 1 aliphatic heterocycles. The molecule has 4 heteroatoms. The fourth-order valence-corrected chi connectivity index (χ4v) is 3.47. The van der Waals surface area contributed by atoms with Crippen LogP contribution in [-0.4, -0.2) is 34.5 Å². The number of rotatable bonds is 3. The van der Waals surface area contributed by atoms with E-state index < -0.39 is 5.97 Å². The van der Waals surface area contributed by atoms with Crippen LogP contribution in [0.1, 0.15) is 51.9 Å². The van der Waals surface area contributed by atoms with Crippen molar-refractivity contribution in [3.8, 4) is 0 Å². The minimum Gasteiger partial charge on any atom is -0.481 e. The number of likely N-dealkylation sites (tertiary alicyclic amines) is 1. The molecule has 0 spiro atoms. The zero-order valence-corrected chi connectivity index (χ0v) is 11.1. The standard InChI is InChI=1S/C14H23NO3/c1-2-10-5-3-4-6-12(10)15-9-11(14(17)18)7-8-13(15)16/h10-12H,2-9H2,1H3,(H,17,18). The van der Waals surface area contributed by atoms with Gasteiger partial charge < -0.3 is 10.0 Å². The van der Waals surface area contributed by atoms with Gasteiger partial charge in [0, 0.05) is 19.0 Å². The van der Waals surface area contributed by atoms with Crippen LogP contribution in [0.15, 0.2) is 0 Å². The van der Waals surface area contributed by atoms with Gasteiger partial charge in [0.2, 0.25) is 5.91 Å². The lowest BCUT2D eigenvalue weighted by atomic mass is 9.80. The normalized spacial score (nSPS) is 33.5. The lowest BCUT2D eigenvalue weighted by molar-refractivity contribution is -0.150. The number of carboxylic acid groups (broad SMARTS) is 1. The van der Waals surface area contributed by atoms with E-state index in [9.17, 15) is 9.59 Å². The highest BCUT2D eigenvalue weighted by Gasteiger charge is 2.37. The van der Waals surface area contributed by atoms with E-state index >= 15 is 0 Å². The molecule has 0 aromatic carbocycles. The molecule has 18 heavy (non-hydrogen) atoms. The number of hydrogen-bond acceptors (Lipinski definition) is 2. The fraction of sp³-hybridized carbons (Fsp3) is 0.857. The Labute approximate surface area is 108 Å². The average molecular weight is 253 g/mol. The summed E-state index contributed by atoms with van der Waals surface area (Å²) in [6, 6.07) is 0.290. The molecule has 102 valence electrons. The first-order valence-corrected chi connectivity index (χ1v) is 7.15. The molecule has 3 unspecified atom stereocenters. The molecule has 1 saturated heterocycles. The highest BCUT2D eigenvalue weighted by Crippen LogP contribution is 2.33. The van der Waals surface area contributed by atoms with Crippen LogP contribution >= 0.6 is 0 Å². The highest BCUT2D eigenvalue weighted by atomic mass is 16.4. The maximum Gasteiger partial charge on any atom is 0.308 e. The van der Waals surface area contributed by atoms with Crippen LogP contribution in [0.5, 0.6) is 0 Å². The van der Waals surface area contributed by atoms with Crippen LogP contribution < -0.4 is 0 Å². The molecule has 1 amide bonds. The molecule has 2 fully saturated rings. The second-order valence-electron chi connectivity index (χ2n) is 5.64. The summed E-state index contributed by atoms with van der Waals surface area (Å²) in [4.78, 5) is 25.0. The van der Waals surface area contributed by atoms with E-state index in [1.54, 1.807) is 0 Å². The molecule has 2 aliphatic rings. The highest BCUT2D eigenvalue weighted by molar-refractivity contribution is 5.80. The van der Waals surface area contributed by atoms with E-state index in [4.69, 9.17) is 5.11 Å². The maximum absolute atomic E-state index is 12.1. The molecule has 3 atom stereocenters. The first-order chi connectivity index (χ1) is 8.63. The Kier molecular flexibility index (Phi) is 4.25. The summed E-state index contributed by atoms with van der Waals surface area (Å²) in [7, 11) is 0. The summed E-state index contributed by atoms with van der Waals surface area (Å²) in [5.74, 6) is -0.383. The number of piperidine rings is 1. The van der Waals surface area contributed by atoms with Gasteiger partial charge >= 0.3 is 5.97 Å². The fourth-order valence-electron chi connectivity index (χ4n) is 3.47. The molecule has 1 heterocycles. The van der Waals surface area contributed by atoms with Gasteiger partial charge in [-0.2, -0.15) is 0 Å². The van der Waals surface area contributed by atoms with Gasteiger partial charge in [-0.1, -0.05) is 26.2 Å². The lowest BCUT2D eigenvalue weighted by Crippen LogP contribution is -2.51. The molecule has 0 radical (unpaired) electrons. The molecule has 0 aromatic rings. The van der Waals surface area contributed by atoms with Crippen LogP contribution in [0.2, 0.25) is 0 Å². The summed E-state index contributed by atoms with van der Waals surface area (Å²) in [6.45, 7) is 2.60. The Morgan fingerprint density at radius 3 is 2.72 bits per heavy atom. The Bertz CT molecular complexity index is 329. The first kappa shape index (κ1) is 13.4. The largest absolute Gasteiger partial charge is 0.481 e. The second kappa shape index (κ2) is 5.72. The van der Waals surface area contributed by atoms with Gasteiger partial charge in [-0.3, -0.25) is 9.59 Å². The Morgan fingerprint density at radius 1 is 1.33 bits per heavy atom. The smallest absolute Gasteiger partial charge is 0.308 e. The van der Waals surface area contributed by atoms with Gasteiger partial charge in [0.05, 0.1) is 5.92 Å². The Balaban J connectivity index is 2.08. The Morgan fingerprint density at radius 2 is 2.06 bits per heavy atom. The number of carboxylic acids is 1. The third-order valence-corrected chi connectivity index (χ3v) is 4.59. The molecular formula is C14H23NO3. The number of hydrogen-bond donors (Lipinski definition) is 1. The van der Waals surface area contributed by atoms with Crippen molar-refractivity contribution in [1.82, 2.24) is 4.90 Å². The maximum atomic E-state index is 12.1. The van der Waals surface area contributed by atoms with Crippen molar-refractivity contribution in [3.63, 3.8) is 0 Å². The van der Waals surface area contributed by atoms with Gasteiger partial charge in [0.1, 0.15) is 0 Å². The van der Waals surface area contributed by atoms with E-state index in [1.165, 1.54) is 19.3 Å². The summed E-state index contributed by atoms with van der Waals surface area (Å²) in [5.41, 5.74) is 0. The third-order valence-electron chi connectivity index (χ3n) is 4.59. The van der Waals surface area contributed by atoms with Crippen LogP contribution in [0, 0.1) is 11.8 Å². The molecule has 0 bridgehead atoms. The van der Waals surface area contributed by atoms with Crippen molar-refractivity contribution < 1.29 is 14.7 Å². The molecule has 4 nitrogen and oxygen atoms in total. The third kappa shape index (κ3) is 2.68. The SMILES string of the molecule is CCC1CCCCC1N1CC(C(=O)O)CCC1=O. The van der Waals surface area contributed by atoms with Crippen molar-refractivity contribution in [2.24, 2.45) is 11.8 Å². The summed E-state index contributed by atoms with van der Waals surface area (Å²) < 4.78 is 0. The van der Waals surface area contributed by atoms with Gasteiger partial charge in [0.15, 0.2) is 0 Å². The predicted octanol–water partition coefficient (Wildman–Crippen LogP) is 2.28. The van der Waals surface area contributed by atoms with Crippen LogP contribution in [0.25, 0.3) is 0 Å². The molecule has 1 N–H and O–H groups in total. The number of carbonyl (C=O) groups excluding carboxylic acids is 1. The minimum absolute atomic E-state index is 0.165. The lowest BCUT2D eigenvalue weighted by Gasteiger charge is -2.43. The van der Waals surface area contributed by atoms with Gasteiger partial charge in [-0.25, -0.2) is 0 Å². The summed E-state index contributed by atoms with van der Waals surface area (Å²) in [5, 5.41) is 9.13. The average Bonchev–Trinajstić information content (AvgIpc) is 2.39. The van der Waals surface area contributed by atoms with Crippen LogP contribution in [0.3, 0.4) is 0 Å². The van der Waals surface area contributed by atoms with E-state index in [1.807, 2.05) is 4.90 Å². The monoisotopic (exact) mass is 253 g/mol. The minimum atomic E-state index is -0.753. The molecule has 0 aromatic heterocycles. The quantitative estimate of drug-likeness (QED) is 0.839.